The third kappa shape index (κ3) is 36.4. The lowest BCUT2D eigenvalue weighted by molar-refractivity contribution is -0.176. The Balaban J connectivity index is 4.57. The molecular weight excluding hydrogens is 753 g/mol. The summed E-state index contributed by atoms with van der Waals surface area (Å²) >= 11 is 0. The fourth-order valence-corrected chi connectivity index (χ4v) is 7.84. The van der Waals surface area contributed by atoms with Crippen molar-refractivity contribution in [3.05, 3.63) is 0 Å². The molecule has 0 heterocycles. The second-order valence-corrected chi connectivity index (χ2v) is 18.7. The minimum Gasteiger partial charge on any atom is -0.444 e. The third-order valence-electron chi connectivity index (χ3n) is 11.4. The van der Waals surface area contributed by atoms with Gasteiger partial charge in [0.05, 0.1) is 0 Å². The summed E-state index contributed by atoms with van der Waals surface area (Å²) in [4.78, 5) is 40.7. The van der Waals surface area contributed by atoms with E-state index in [0.29, 0.717) is 26.1 Å². The molecule has 0 aromatic heterocycles. The predicted octanol–water partition coefficient (Wildman–Crippen LogP) is 15.2. The number of carbonyl (C=O) groups excluding carboxylic acids is 3. The van der Waals surface area contributed by atoms with Crippen LogP contribution in [0.15, 0.2) is 0 Å². The first-order valence-electron chi connectivity index (χ1n) is 25.6. The van der Waals surface area contributed by atoms with Crippen LogP contribution in [0.2, 0.25) is 0 Å². The zero-order valence-corrected chi connectivity index (χ0v) is 40.9. The van der Waals surface area contributed by atoms with Crippen molar-refractivity contribution in [1.82, 2.24) is 20.9 Å². The molecule has 3 amide bonds. The van der Waals surface area contributed by atoms with Crippen LogP contribution >= 0.6 is 0 Å². The average molecular weight is 853 g/mol. The highest BCUT2D eigenvalue weighted by Gasteiger charge is 2.42. The minimum absolute atomic E-state index is 0.381. The molecule has 0 fully saturated rings. The number of nitrogens with zero attached hydrogens (tertiary/aromatic N) is 1. The summed E-state index contributed by atoms with van der Waals surface area (Å²) in [6.07, 6.45) is 39.3. The molecule has 3 N–H and O–H groups in total. The van der Waals surface area contributed by atoms with E-state index in [-0.39, 0.29) is 0 Å². The van der Waals surface area contributed by atoms with Crippen molar-refractivity contribution in [1.29, 1.82) is 0 Å². The van der Waals surface area contributed by atoms with E-state index < -0.39 is 36.0 Å². The van der Waals surface area contributed by atoms with Gasteiger partial charge in [-0.05, 0) is 47.0 Å². The molecule has 0 aliphatic heterocycles. The van der Waals surface area contributed by atoms with E-state index in [1.807, 2.05) is 6.92 Å². The van der Waals surface area contributed by atoms with Crippen LogP contribution in [0.25, 0.3) is 0 Å². The van der Waals surface area contributed by atoms with E-state index >= 15 is 0 Å². The van der Waals surface area contributed by atoms with E-state index in [0.717, 1.165) is 32.1 Å². The normalized spacial score (nSPS) is 13.2. The largest absolute Gasteiger partial charge is 0.444 e. The van der Waals surface area contributed by atoms with Crippen LogP contribution in [-0.4, -0.2) is 60.5 Å². The number of carbonyl (C=O) groups is 3. The summed E-state index contributed by atoms with van der Waals surface area (Å²) in [6.45, 7) is 16.5. The van der Waals surface area contributed by atoms with Crippen LogP contribution in [0.1, 0.15) is 267 Å². The fraction of sp³-hybridized carbons (Fsp3) is 0.940. The van der Waals surface area contributed by atoms with Crippen molar-refractivity contribution >= 4 is 18.3 Å². The molecule has 0 aromatic carbocycles. The van der Waals surface area contributed by atoms with Gasteiger partial charge in [-0.3, -0.25) is 5.32 Å². The second-order valence-electron chi connectivity index (χ2n) is 18.7. The Hall–Kier alpha value is -2.23. The van der Waals surface area contributed by atoms with Crippen LogP contribution in [0, 0.1) is 0 Å². The highest BCUT2D eigenvalue weighted by Crippen LogP contribution is 2.22. The van der Waals surface area contributed by atoms with Gasteiger partial charge in [0.1, 0.15) is 5.60 Å². The molecule has 60 heavy (non-hydrogen) atoms. The van der Waals surface area contributed by atoms with Gasteiger partial charge in [0.15, 0.2) is 6.23 Å². The van der Waals surface area contributed by atoms with Gasteiger partial charge >= 0.3 is 18.3 Å². The Bertz CT molecular complexity index is 1010. The Labute approximate surface area is 371 Å². The van der Waals surface area contributed by atoms with Crippen molar-refractivity contribution in [2.24, 2.45) is 0 Å². The number of hydrogen-bond acceptors (Lipinski definition) is 7. The molecule has 10 nitrogen and oxygen atoms in total. The zero-order valence-electron chi connectivity index (χ0n) is 40.9. The number of hydrogen-bond donors (Lipinski definition) is 3. The molecule has 0 aliphatic carbocycles. The van der Waals surface area contributed by atoms with Gasteiger partial charge in [0, 0.05) is 26.6 Å². The van der Waals surface area contributed by atoms with Crippen molar-refractivity contribution in [3.8, 4) is 0 Å². The molecule has 0 saturated heterocycles. The minimum atomic E-state index is -1.65. The summed E-state index contributed by atoms with van der Waals surface area (Å²) in [6, 6.07) is 0. The van der Waals surface area contributed by atoms with Crippen LogP contribution in [0.5, 0.6) is 0 Å². The van der Waals surface area contributed by atoms with Crippen LogP contribution in [-0.2, 0) is 14.2 Å². The van der Waals surface area contributed by atoms with Crippen molar-refractivity contribution in [2.45, 2.75) is 285 Å². The maximum absolute atomic E-state index is 13.2. The van der Waals surface area contributed by atoms with Crippen molar-refractivity contribution in [2.75, 3.05) is 19.6 Å². The number of ether oxygens (including phenoxy) is 3. The Morgan fingerprint density at radius 1 is 0.433 bits per heavy atom. The molecule has 0 rings (SSSR count). The molecule has 0 aromatic rings. The second kappa shape index (κ2) is 39.6. The zero-order chi connectivity index (χ0) is 44.6. The molecule has 356 valence electrons. The van der Waals surface area contributed by atoms with E-state index in [2.05, 4.69) is 29.8 Å². The lowest BCUT2D eigenvalue weighted by Gasteiger charge is -2.42. The van der Waals surface area contributed by atoms with Gasteiger partial charge in [-0.25, -0.2) is 19.3 Å². The molecule has 0 radical (unpaired) electrons. The lowest BCUT2D eigenvalue weighted by Crippen LogP contribution is -2.65. The van der Waals surface area contributed by atoms with E-state index in [9.17, 15) is 14.4 Å². The van der Waals surface area contributed by atoms with Crippen LogP contribution < -0.4 is 16.0 Å². The molecule has 0 bridgehead atoms. The molecule has 0 aliphatic rings. The summed E-state index contributed by atoms with van der Waals surface area (Å²) in [5.41, 5.74) is -0.759. The third-order valence-corrected chi connectivity index (χ3v) is 11.4. The van der Waals surface area contributed by atoms with Crippen molar-refractivity contribution in [3.63, 3.8) is 0 Å². The number of nitrogens with one attached hydrogen (secondary N) is 3. The summed E-state index contributed by atoms with van der Waals surface area (Å²) in [5, 5.41) is 8.49. The maximum Gasteiger partial charge on any atom is 0.411 e. The Morgan fingerprint density at radius 2 is 0.750 bits per heavy atom. The van der Waals surface area contributed by atoms with Gasteiger partial charge in [-0.2, -0.15) is 0 Å². The molecule has 0 saturated carbocycles. The van der Waals surface area contributed by atoms with Crippen LogP contribution in [0.4, 0.5) is 14.4 Å². The number of alkyl carbamates (subject to hydrolysis) is 3. The van der Waals surface area contributed by atoms with Gasteiger partial charge in [0.2, 0.25) is 0 Å². The van der Waals surface area contributed by atoms with Crippen LogP contribution in [0.3, 0.4) is 0 Å². The van der Waals surface area contributed by atoms with Gasteiger partial charge in [0.25, 0.3) is 5.85 Å². The van der Waals surface area contributed by atoms with Gasteiger partial charge in [-0.1, -0.05) is 213 Å². The smallest absolute Gasteiger partial charge is 0.411 e. The average Bonchev–Trinajstić information content (AvgIpc) is 3.18. The molecule has 10 heteroatoms. The van der Waals surface area contributed by atoms with Crippen molar-refractivity contribution < 1.29 is 28.6 Å². The first kappa shape index (κ1) is 57.8. The fourth-order valence-electron chi connectivity index (χ4n) is 7.84. The summed E-state index contributed by atoms with van der Waals surface area (Å²) in [5.74, 6) is -1.65. The Kier molecular flexibility index (Phi) is 38.1. The number of unbranched alkanes of at least 4 members (excludes halogenated alkanes) is 30. The standard InChI is InChI=1S/C50H100N4O6/c1-9-12-14-16-18-20-22-24-26-28-30-32-34-36-38-40-42-51-46(55)58-45(4)54(44-11-3)50(8,53-48(57)59-49(5,6)7)60-47(56)52-43-41-39-37-35-33-31-29-27-25-23-21-19-17-15-13-10-2/h45H,9-44H2,1-8H3,(H,51,55)(H,52,56)(H,53,57). The van der Waals surface area contributed by atoms with Gasteiger partial charge < -0.3 is 24.8 Å². The number of amides is 3. The molecule has 2 unspecified atom stereocenters. The predicted molar refractivity (Wildman–Crippen MR) is 252 cm³/mol. The first-order chi connectivity index (χ1) is 28.9. The summed E-state index contributed by atoms with van der Waals surface area (Å²) in [7, 11) is 0. The summed E-state index contributed by atoms with van der Waals surface area (Å²) < 4.78 is 17.2. The highest BCUT2D eigenvalue weighted by molar-refractivity contribution is 5.71. The maximum atomic E-state index is 13.2. The number of rotatable bonds is 41. The van der Waals surface area contributed by atoms with E-state index in [1.54, 1.807) is 39.5 Å². The highest BCUT2D eigenvalue weighted by atomic mass is 16.6. The lowest BCUT2D eigenvalue weighted by atomic mass is 10.0. The quantitative estimate of drug-likeness (QED) is 0.0318. The SMILES string of the molecule is CCCCCCCCCCCCCCCCCCNC(=O)OC(C)N(CCC)C(C)(NC(=O)OC(C)(C)C)OC(=O)NCCCCCCCCCCCCCCCCCC. The molecular formula is C50H100N4O6. The molecule has 0 spiro atoms. The van der Waals surface area contributed by atoms with E-state index in [4.69, 9.17) is 14.2 Å². The Morgan fingerprint density at radius 3 is 1.07 bits per heavy atom. The monoisotopic (exact) mass is 853 g/mol. The molecule has 2 atom stereocenters. The first-order valence-corrected chi connectivity index (χ1v) is 25.6. The van der Waals surface area contributed by atoms with E-state index in [1.165, 1.54) is 173 Å². The topological polar surface area (TPSA) is 118 Å². The van der Waals surface area contributed by atoms with Gasteiger partial charge in [-0.15, -0.1) is 0 Å².